The van der Waals surface area contributed by atoms with E-state index in [4.69, 9.17) is 4.74 Å². The lowest BCUT2D eigenvalue weighted by molar-refractivity contribution is 0.0628. The molecule has 2 aliphatic heterocycles. The zero-order chi connectivity index (χ0) is 21.6. The number of ether oxygens (including phenoxy) is 1. The number of hydrogen-bond acceptors (Lipinski definition) is 7. The number of aromatic nitrogens is 2. The molecule has 1 atom stereocenters. The Morgan fingerprint density at radius 3 is 2.87 bits per heavy atom. The SMILES string of the molecule is CN1CCC(N(C)Cc2cccc(OC[C@@H]3CCCN(C(=O)c4cnsn4)C3)c2)CC1. The van der Waals surface area contributed by atoms with Gasteiger partial charge in [-0.15, -0.1) is 0 Å². The number of rotatable bonds is 7. The highest BCUT2D eigenvalue weighted by atomic mass is 32.1. The Kier molecular flexibility index (Phi) is 7.53. The van der Waals surface area contributed by atoms with E-state index in [-0.39, 0.29) is 5.91 Å². The molecule has 2 fully saturated rings. The average Bonchev–Trinajstić information content (AvgIpc) is 3.33. The first-order valence-corrected chi connectivity index (χ1v) is 12.0. The molecule has 0 aliphatic carbocycles. The van der Waals surface area contributed by atoms with E-state index >= 15 is 0 Å². The summed E-state index contributed by atoms with van der Waals surface area (Å²) < 4.78 is 14.2. The van der Waals surface area contributed by atoms with Crippen molar-refractivity contribution < 1.29 is 9.53 Å². The molecule has 0 saturated carbocycles. The molecule has 0 spiro atoms. The molecule has 4 rings (SSSR count). The molecule has 2 saturated heterocycles. The Bertz CT molecular complexity index is 838. The third-order valence-electron chi connectivity index (χ3n) is 6.51. The monoisotopic (exact) mass is 443 g/mol. The van der Waals surface area contributed by atoms with Gasteiger partial charge in [-0.05, 0) is 70.6 Å². The maximum atomic E-state index is 12.6. The molecule has 0 radical (unpaired) electrons. The molecule has 1 amide bonds. The van der Waals surface area contributed by atoms with Crippen LogP contribution in [0.5, 0.6) is 5.75 Å². The van der Waals surface area contributed by atoms with Gasteiger partial charge in [0.2, 0.25) is 0 Å². The fraction of sp³-hybridized carbons (Fsp3) is 0.609. The summed E-state index contributed by atoms with van der Waals surface area (Å²) in [6.45, 7) is 5.43. The van der Waals surface area contributed by atoms with Crippen LogP contribution < -0.4 is 4.74 Å². The molecule has 1 aromatic heterocycles. The van der Waals surface area contributed by atoms with E-state index in [0.29, 0.717) is 24.3 Å². The van der Waals surface area contributed by atoms with E-state index in [1.807, 2.05) is 11.0 Å². The van der Waals surface area contributed by atoms with E-state index in [0.717, 1.165) is 50.0 Å². The van der Waals surface area contributed by atoms with Crippen molar-refractivity contribution in [3.05, 3.63) is 41.7 Å². The van der Waals surface area contributed by atoms with Crippen LogP contribution in [-0.4, -0.2) is 82.3 Å². The molecule has 2 aliphatic rings. The molecule has 168 valence electrons. The van der Waals surface area contributed by atoms with Gasteiger partial charge in [0.25, 0.3) is 5.91 Å². The fourth-order valence-electron chi connectivity index (χ4n) is 4.61. The van der Waals surface area contributed by atoms with E-state index in [9.17, 15) is 4.79 Å². The summed E-state index contributed by atoms with van der Waals surface area (Å²) in [5.41, 5.74) is 1.74. The van der Waals surface area contributed by atoms with Crippen LogP contribution in [0.4, 0.5) is 0 Å². The first-order chi connectivity index (χ1) is 15.1. The second kappa shape index (κ2) is 10.5. The molecule has 0 N–H and O–H groups in total. The Balaban J connectivity index is 1.27. The summed E-state index contributed by atoms with van der Waals surface area (Å²) in [4.78, 5) is 19.3. The first kappa shape index (κ1) is 22.2. The van der Waals surface area contributed by atoms with Crippen LogP contribution >= 0.6 is 11.7 Å². The van der Waals surface area contributed by atoms with Gasteiger partial charge in [0.05, 0.1) is 24.5 Å². The highest BCUT2D eigenvalue weighted by Crippen LogP contribution is 2.22. The van der Waals surface area contributed by atoms with Gasteiger partial charge in [-0.1, -0.05) is 12.1 Å². The zero-order valence-corrected chi connectivity index (χ0v) is 19.4. The second-order valence-electron chi connectivity index (χ2n) is 8.96. The van der Waals surface area contributed by atoms with Crippen molar-refractivity contribution in [2.75, 3.05) is 46.9 Å². The van der Waals surface area contributed by atoms with Crippen LogP contribution in [-0.2, 0) is 6.54 Å². The zero-order valence-electron chi connectivity index (χ0n) is 18.6. The lowest BCUT2D eigenvalue weighted by Gasteiger charge is -2.35. The summed E-state index contributed by atoms with van der Waals surface area (Å²) in [5, 5.41) is 0. The molecule has 7 nitrogen and oxygen atoms in total. The normalized spacial score (nSPS) is 20.9. The maximum absolute atomic E-state index is 12.6. The highest BCUT2D eigenvalue weighted by molar-refractivity contribution is 6.99. The van der Waals surface area contributed by atoms with Gasteiger partial charge in [0, 0.05) is 31.6 Å². The van der Waals surface area contributed by atoms with Crippen molar-refractivity contribution in [2.45, 2.75) is 38.3 Å². The minimum atomic E-state index is -0.0163. The van der Waals surface area contributed by atoms with Crippen molar-refractivity contribution in [3.63, 3.8) is 0 Å². The lowest BCUT2D eigenvalue weighted by Crippen LogP contribution is -2.41. The minimum Gasteiger partial charge on any atom is -0.493 e. The predicted molar refractivity (Wildman–Crippen MR) is 122 cm³/mol. The summed E-state index contributed by atoms with van der Waals surface area (Å²) in [6.07, 6.45) is 6.10. The molecule has 3 heterocycles. The Hall–Kier alpha value is -2.03. The highest BCUT2D eigenvalue weighted by Gasteiger charge is 2.26. The first-order valence-electron chi connectivity index (χ1n) is 11.3. The van der Waals surface area contributed by atoms with Crippen molar-refractivity contribution in [2.24, 2.45) is 5.92 Å². The standard InChI is InChI=1S/C23H33N5O2S/c1-26-11-8-20(9-12-26)27(2)15-18-5-3-7-21(13-18)30-17-19-6-4-10-28(16-19)23(29)22-14-24-31-25-22/h3,5,7,13-14,19-20H,4,6,8-12,15-17H2,1-2H3/t19-/m1/s1. The molecule has 0 unspecified atom stereocenters. The van der Waals surface area contributed by atoms with Gasteiger partial charge >= 0.3 is 0 Å². The van der Waals surface area contributed by atoms with Crippen molar-refractivity contribution in [3.8, 4) is 5.75 Å². The fourth-order valence-corrected chi connectivity index (χ4v) is 5.01. The van der Waals surface area contributed by atoms with E-state index in [1.165, 1.54) is 31.5 Å². The summed E-state index contributed by atoms with van der Waals surface area (Å²) in [6, 6.07) is 9.11. The summed E-state index contributed by atoms with van der Waals surface area (Å²) >= 11 is 1.08. The molecule has 2 aromatic rings. The number of piperidine rings is 2. The Morgan fingerprint density at radius 1 is 1.26 bits per heavy atom. The number of amides is 1. The van der Waals surface area contributed by atoms with Crippen molar-refractivity contribution in [1.29, 1.82) is 0 Å². The van der Waals surface area contributed by atoms with Crippen LogP contribution in [0, 0.1) is 5.92 Å². The topological polar surface area (TPSA) is 61.8 Å². The Morgan fingerprint density at radius 2 is 2.10 bits per heavy atom. The smallest absolute Gasteiger partial charge is 0.275 e. The van der Waals surface area contributed by atoms with Gasteiger partial charge in [-0.3, -0.25) is 9.69 Å². The van der Waals surface area contributed by atoms with E-state index < -0.39 is 0 Å². The average molecular weight is 444 g/mol. The van der Waals surface area contributed by atoms with E-state index in [1.54, 1.807) is 6.20 Å². The number of likely N-dealkylation sites (tertiary alicyclic amines) is 2. The minimum absolute atomic E-state index is 0.0163. The van der Waals surface area contributed by atoms with Crippen LogP contribution in [0.1, 0.15) is 41.7 Å². The molecule has 31 heavy (non-hydrogen) atoms. The number of benzene rings is 1. The largest absolute Gasteiger partial charge is 0.493 e. The number of hydrogen-bond donors (Lipinski definition) is 0. The van der Waals surface area contributed by atoms with E-state index in [2.05, 4.69) is 50.8 Å². The van der Waals surface area contributed by atoms with Gasteiger partial charge < -0.3 is 14.5 Å². The van der Waals surface area contributed by atoms with Crippen LogP contribution in [0.3, 0.4) is 0 Å². The van der Waals surface area contributed by atoms with Crippen LogP contribution in [0.2, 0.25) is 0 Å². The van der Waals surface area contributed by atoms with Gasteiger partial charge in [0.15, 0.2) is 5.69 Å². The quantitative estimate of drug-likeness (QED) is 0.656. The number of nitrogens with zero attached hydrogens (tertiary/aromatic N) is 5. The third-order valence-corrected chi connectivity index (χ3v) is 6.99. The Labute approximate surface area is 189 Å². The van der Waals surface area contributed by atoms with Crippen LogP contribution in [0.15, 0.2) is 30.5 Å². The second-order valence-corrected chi connectivity index (χ2v) is 9.52. The third kappa shape index (κ3) is 6.02. The lowest BCUT2D eigenvalue weighted by atomic mass is 9.98. The van der Waals surface area contributed by atoms with Crippen molar-refractivity contribution >= 4 is 17.6 Å². The molecule has 1 aromatic carbocycles. The number of carbonyl (C=O) groups excluding carboxylic acids is 1. The molecule has 8 heteroatoms. The summed E-state index contributed by atoms with van der Waals surface area (Å²) in [7, 11) is 4.43. The summed E-state index contributed by atoms with van der Waals surface area (Å²) in [5.74, 6) is 1.24. The van der Waals surface area contributed by atoms with Gasteiger partial charge in [-0.25, -0.2) is 0 Å². The van der Waals surface area contributed by atoms with Gasteiger partial charge in [0.1, 0.15) is 5.75 Å². The number of carbonyl (C=O) groups is 1. The van der Waals surface area contributed by atoms with Crippen LogP contribution in [0.25, 0.3) is 0 Å². The maximum Gasteiger partial charge on any atom is 0.275 e. The molecular formula is C23H33N5O2S. The molecule has 0 bridgehead atoms. The predicted octanol–water partition coefficient (Wildman–Crippen LogP) is 3.00. The van der Waals surface area contributed by atoms with Gasteiger partial charge in [-0.2, -0.15) is 8.75 Å². The van der Waals surface area contributed by atoms with Crippen molar-refractivity contribution in [1.82, 2.24) is 23.4 Å². The molecular weight excluding hydrogens is 410 g/mol.